The monoisotopic (exact) mass is 248 g/mol. The van der Waals surface area contributed by atoms with Crippen LogP contribution in [0.5, 0.6) is 0 Å². The minimum atomic E-state index is 1.19. The highest BCUT2D eigenvalue weighted by Crippen LogP contribution is 2.11. The van der Waals surface area contributed by atoms with Crippen LogP contribution in [-0.4, -0.2) is 0 Å². The standard InChI is InChI=1S/C18H32/c1-3-5-7-9-11-13-15-17-18-16-14-12-10-8-6-4-2/h3,5,7,11H,4,6,8,10,12-18H2,1-2H3/b5-3+. The van der Waals surface area contributed by atoms with Crippen molar-refractivity contribution in [3.8, 4) is 0 Å². The van der Waals surface area contributed by atoms with Gasteiger partial charge in [0.2, 0.25) is 0 Å². The Bertz CT molecular complexity index is 228. The molecule has 18 heavy (non-hydrogen) atoms. The molecular weight excluding hydrogens is 216 g/mol. The number of unbranched alkanes of at least 4 members (excludes halogenated alkanes) is 10. The van der Waals surface area contributed by atoms with Crippen molar-refractivity contribution in [1.29, 1.82) is 0 Å². The minimum Gasteiger partial charge on any atom is -0.125 e. The zero-order chi connectivity index (χ0) is 13.3. The van der Waals surface area contributed by atoms with E-state index in [1.54, 1.807) is 0 Å². The SMILES string of the molecule is C/C=C/C=C=CCCCCCCCCCCCC. The van der Waals surface area contributed by atoms with Gasteiger partial charge in [-0.05, 0) is 31.9 Å². The Morgan fingerprint density at radius 3 is 1.89 bits per heavy atom. The molecule has 0 aromatic rings. The summed E-state index contributed by atoms with van der Waals surface area (Å²) in [7, 11) is 0. The van der Waals surface area contributed by atoms with Crippen LogP contribution in [0.4, 0.5) is 0 Å². The lowest BCUT2D eigenvalue weighted by Crippen LogP contribution is -1.81. The third-order valence-corrected chi connectivity index (χ3v) is 3.20. The van der Waals surface area contributed by atoms with E-state index < -0.39 is 0 Å². The second kappa shape index (κ2) is 16.3. The second-order valence-electron chi connectivity index (χ2n) is 5.03. The summed E-state index contributed by atoms with van der Waals surface area (Å²) >= 11 is 0. The van der Waals surface area contributed by atoms with Crippen LogP contribution in [0.2, 0.25) is 0 Å². The molecule has 0 saturated carbocycles. The summed E-state index contributed by atoms with van der Waals surface area (Å²) in [4.78, 5) is 0. The summed E-state index contributed by atoms with van der Waals surface area (Å²) in [5, 5.41) is 0. The van der Waals surface area contributed by atoms with E-state index in [0.717, 1.165) is 0 Å². The molecule has 104 valence electrons. The predicted octanol–water partition coefficient (Wildman–Crippen LogP) is 6.58. The van der Waals surface area contributed by atoms with E-state index in [9.17, 15) is 0 Å². The van der Waals surface area contributed by atoms with Crippen LogP contribution in [0.15, 0.2) is 30.0 Å². The zero-order valence-corrected chi connectivity index (χ0v) is 12.6. The topological polar surface area (TPSA) is 0 Å². The van der Waals surface area contributed by atoms with Gasteiger partial charge in [-0.3, -0.25) is 0 Å². The van der Waals surface area contributed by atoms with Crippen molar-refractivity contribution in [2.45, 2.75) is 84.5 Å². The molecule has 0 aliphatic carbocycles. The fraction of sp³-hybridized carbons (Fsp3) is 0.722. The van der Waals surface area contributed by atoms with E-state index in [2.05, 4.69) is 18.7 Å². The molecule has 0 heterocycles. The molecule has 0 unspecified atom stereocenters. The first-order chi connectivity index (χ1) is 8.91. The minimum absolute atomic E-state index is 1.19. The largest absolute Gasteiger partial charge is 0.125 e. The lowest BCUT2D eigenvalue weighted by molar-refractivity contribution is 0.557. The summed E-state index contributed by atoms with van der Waals surface area (Å²) in [5.41, 5.74) is 3.18. The number of rotatable bonds is 12. The van der Waals surface area contributed by atoms with Crippen LogP contribution in [-0.2, 0) is 0 Å². The molecule has 0 bridgehead atoms. The van der Waals surface area contributed by atoms with Gasteiger partial charge in [0.05, 0.1) is 0 Å². The van der Waals surface area contributed by atoms with Crippen molar-refractivity contribution in [2.75, 3.05) is 0 Å². The molecule has 0 heteroatoms. The normalized spacial score (nSPS) is 10.6. The molecular formula is C18H32. The lowest BCUT2D eigenvalue weighted by atomic mass is 10.1. The van der Waals surface area contributed by atoms with E-state index in [1.165, 1.54) is 70.6 Å². The fourth-order valence-electron chi connectivity index (χ4n) is 2.04. The van der Waals surface area contributed by atoms with Gasteiger partial charge in [0, 0.05) is 0 Å². The number of allylic oxidation sites excluding steroid dienone is 3. The number of hydrogen-bond donors (Lipinski definition) is 0. The maximum absolute atomic E-state index is 3.18. The predicted molar refractivity (Wildman–Crippen MR) is 83.9 cm³/mol. The first-order valence-electron chi connectivity index (χ1n) is 7.94. The van der Waals surface area contributed by atoms with Gasteiger partial charge in [0.15, 0.2) is 0 Å². The molecule has 0 saturated heterocycles. The average molecular weight is 248 g/mol. The van der Waals surface area contributed by atoms with Gasteiger partial charge in [0.1, 0.15) is 0 Å². The third-order valence-electron chi connectivity index (χ3n) is 3.20. The molecule has 0 atom stereocenters. The van der Waals surface area contributed by atoms with Crippen LogP contribution in [0, 0.1) is 0 Å². The lowest BCUT2D eigenvalue weighted by Gasteiger charge is -2.00. The second-order valence-corrected chi connectivity index (χ2v) is 5.03. The van der Waals surface area contributed by atoms with Gasteiger partial charge >= 0.3 is 0 Å². The van der Waals surface area contributed by atoms with E-state index >= 15 is 0 Å². The van der Waals surface area contributed by atoms with Crippen molar-refractivity contribution in [3.05, 3.63) is 30.0 Å². The highest BCUT2D eigenvalue weighted by molar-refractivity contribution is 5.00. The third kappa shape index (κ3) is 15.3. The van der Waals surface area contributed by atoms with Gasteiger partial charge in [-0.2, -0.15) is 0 Å². The molecule has 0 amide bonds. The van der Waals surface area contributed by atoms with E-state index in [0.29, 0.717) is 0 Å². The maximum Gasteiger partial charge on any atom is -0.0206 e. The molecule has 0 aromatic carbocycles. The summed E-state index contributed by atoms with van der Waals surface area (Å²) in [6.45, 7) is 4.31. The Balaban J connectivity index is 3.09. The van der Waals surface area contributed by atoms with Gasteiger partial charge < -0.3 is 0 Å². The highest BCUT2D eigenvalue weighted by Gasteiger charge is 1.91. The van der Waals surface area contributed by atoms with Crippen molar-refractivity contribution in [1.82, 2.24) is 0 Å². The van der Waals surface area contributed by atoms with Gasteiger partial charge in [-0.15, -0.1) is 5.73 Å². The first-order valence-corrected chi connectivity index (χ1v) is 7.94. The summed E-state index contributed by atoms with van der Waals surface area (Å²) in [6, 6.07) is 0. The summed E-state index contributed by atoms with van der Waals surface area (Å²) in [5.74, 6) is 0. The Morgan fingerprint density at radius 2 is 1.33 bits per heavy atom. The molecule has 0 spiro atoms. The Morgan fingerprint density at radius 1 is 0.778 bits per heavy atom. The van der Waals surface area contributed by atoms with Crippen LogP contribution >= 0.6 is 0 Å². The summed E-state index contributed by atoms with van der Waals surface area (Å²) < 4.78 is 0. The van der Waals surface area contributed by atoms with Crippen LogP contribution in [0.3, 0.4) is 0 Å². The van der Waals surface area contributed by atoms with Crippen molar-refractivity contribution < 1.29 is 0 Å². The number of hydrogen-bond acceptors (Lipinski definition) is 0. The van der Waals surface area contributed by atoms with Crippen molar-refractivity contribution >= 4 is 0 Å². The zero-order valence-electron chi connectivity index (χ0n) is 12.6. The quantitative estimate of drug-likeness (QED) is 0.208. The fourth-order valence-corrected chi connectivity index (χ4v) is 2.04. The highest BCUT2D eigenvalue weighted by atomic mass is 14.0. The molecule has 0 fully saturated rings. The Labute approximate surface area is 115 Å². The Kier molecular flexibility index (Phi) is 15.6. The molecule has 0 aromatic heterocycles. The molecule has 0 aliphatic rings. The van der Waals surface area contributed by atoms with E-state index in [4.69, 9.17) is 0 Å². The van der Waals surface area contributed by atoms with Crippen LogP contribution < -0.4 is 0 Å². The van der Waals surface area contributed by atoms with Crippen molar-refractivity contribution in [2.24, 2.45) is 0 Å². The molecule has 0 N–H and O–H groups in total. The average Bonchev–Trinajstić information content (AvgIpc) is 2.39. The van der Waals surface area contributed by atoms with Gasteiger partial charge in [-0.25, -0.2) is 0 Å². The van der Waals surface area contributed by atoms with E-state index in [-0.39, 0.29) is 0 Å². The summed E-state index contributed by atoms with van der Waals surface area (Å²) in [6.07, 6.45) is 23.5. The van der Waals surface area contributed by atoms with Gasteiger partial charge in [0.25, 0.3) is 0 Å². The molecule has 0 aliphatic heterocycles. The van der Waals surface area contributed by atoms with E-state index in [1.807, 2.05) is 25.2 Å². The Hall–Kier alpha value is -0.740. The maximum atomic E-state index is 3.18. The van der Waals surface area contributed by atoms with Crippen molar-refractivity contribution in [3.63, 3.8) is 0 Å². The molecule has 0 nitrogen and oxygen atoms in total. The smallest absolute Gasteiger partial charge is 0.0206 e. The molecule has 0 radical (unpaired) electrons. The van der Waals surface area contributed by atoms with Gasteiger partial charge in [-0.1, -0.05) is 76.9 Å². The van der Waals surface area contributed by atoms with Crippen LogP contribution in [0.25, 0.3) is 0 Å². The first kappa shape index (κ1) is 17.3. The van der Waals surface area contributed by atoms with Crippen LogP contribution in [0.1, 0.15) is 84.5 Å². The molecule has 0 rings (SSSR count).